The van der Waals surface area contributed by atoms with E-state index in [1.165, 1.54) is 18.2 Å². The fourth-order valence-electron chi connectivity index (χ4n) is 1.84. The Morgan fingerprint density at radius 3 is 2.57 bits per heavy atom. The Hall–Kier alpha value is -2.00. The number of nitriles is 1. The van der Waals surface area contributed by atoms with Crippen LogP contribution in [0.3, 0.4) is 0 Å². The molecule has 0 saturated carbocycles. The largest absolute Gasteiger partial charge is 0.506 e. The molecule has 23 heavy (non-hydrogen) atoms. The van der Waals surface area contributed by atoms with Gasteiger partial charge in [0, 0.05) is 4.47 Å². The zero-order valence-electron chi connectivity index (χ0n) is 12.3. The first kappa shape index (κ1) is 17.4. The molecule has 0 aromatic heterocycles. The Balaban J connectivity index is 2.29. The summed E-state index contributed by atoms with van der Waals surface area (Å²) in [6.45, 7) is 1.92. The first-order valence-corrected chi connectivity index (χ1v) is 9.18. The van der Waals surface area contributed by atoms with Gasteiger partial charge in [-0.25, -0.2) is 4.57 Å². The standard InChI is InChI=1S/C15H15BrN3O3P/c1-2-22-23(21,18-13-6-4-3-5-12(13)16)19-14-8-7-11(10-17)9-15(14)20/h3-9,20H,2H2,1H3,(H2,18,19,21). The minimum Gasteiger partial charge on any atom is -0.506 e. The molecule has 0 amide bonds. The number of anilines is 2. The molecule has 0 saturated heterocycles. The smallest absolute Gasteiger partial charge is 0.391 e. The Morgan fingerprint density at radius 2 is 1.96 bits per heavy atom. The van der Waals surface area contributed by atoms with Crippen molar-refractivity contribution in [1.82, 2.24) is 0 Å². The third kappa shape index (κ3) is 4.49. The number of hydrogen-bond donors (Lipinski definition) is 3. The van der Waals surface area contributed by atoms with E-state index in [4.69, 9.17) is 9.79 Å². The van der Waals surface area contributed by atoms with Crippen LogP contribution < -0.4 is 10.2 Å². The summed E-state index contributed by atoms with van der Waals surface area (Å²) < 4.78 is 19.0. The van der Waals surface area contributed by atoms with Gasteiger partial charge in [-0.2, -0.15) is 5.26 Å². The van der Waals surface area contributed by atoms with Crippen molar-refractivity contribution < 1.29 is 14.2 Å². The van der Waals surface area contributed by atoms with Crippen LogP contribution in [0.1, 0.15) is 12.5 Å². The zero-order valence-corrected chi connectivity index (χ0v) is 14.8. The van der Waals surface area contributed by atoms with Crippen LogP contribution in [-0.4, -0.2) is 11.7 Å². The predicted octanol–water partition coefficient (Wildman–Crippen LogP) is 4.69. The topological polar surface area (TPSA) is 94.4 Å². The molecule has 0 bridgehead atoms. The second-order valence-electron chi connectivity index (χ2n) is 4.52. The Bertz CT molecular complexity index is 792. The summed E-state index contributed by atoms with van der Waals surface area (Å²) >= 11 is 3.37. The van der Waals surface area contributed by atoms with Gasteiger partial charge in [0.1, 0.15) is 5.75 Å². The quantitative estimate of drug-likeness (QED) is 0.484. The molecule has 0 aliphatic heterocycles. The van der Waals surface area contributed by atoms with Gasteiger partial charge in [0.25, 0.3) is 0 Å². The Labute approximate surface area is 142 Å². The van der Waals surface area contributed by atoms with Gasteiger partial charge in [-0.3, -0.25) is 14.7 Å². The van der Waals surface area contributed by atoms with Crippen molar-refractivity contribution >= 4 is 35.0 Å². The number of nitrogens with one attached hydrogen (secondary N) is 2. The van der Waals surface area contributed by atoms with Crippen molar-refractivity contribution in [3.63, 3.8) is 0 Å². The molecular weight excluding hydrogens is 381 g/mol. The van der Waals surface area contributed by atoms with Crippen LogP contribution in [-0.2, 0) is 9.09 Å². The van der Waals surface area contributed by atoms with Crippen LogP contribution in [0.5, 0.6) is 5.75 Å². The van der Waals surface area contributed by atoms with E-state index in [0.717, 1.165) is 4.47 Å². The average Bonchev–Trinajstić information content (AvgIpc) is 2.52. The van der Waals surface area contributed by atoms with Gasteiger partial charge in [-0.1, -0.05) is 12.1 Å². The molecule has 0 heterocycles. The summed E-state index contributed by atoms with van der Waals surface area (Å²) in [5.74, 6) is -0.182. The highest BCUT2D eigenvalue weighted by atomic mass is 79.9. The van der Waals surface area contributed by atoms with E-state index >= 15 is 0 Å². The van der Waals surface area contributed by atoms with Crippen molar-refractivity contribution in [1.29, 1.82) is 5.26 Å². The molecule has 0 aliphatic rings. The van der Waals surface area contributed by atoms with Gasteiger partial charge in [0.05, 0.1) is 29.6 Å². The second-order valence-corrected chi connectivity index (χ2v) is 7.18. The highest BCUT2D eigenvalue weighted by Crippen LogP contribution is 2.49. The van der Waals surface area contributed by atoms with Gasteiger partial charge < -0.3 is 5.11 Å². The molecule has 1 unspecified atom stereocenters. The van der Waals surface area contributed by atoms with Crippen molar-refractivity contribution in [2.45, 2.75) is 6.92 Å². The molecular formula is C15H15BrN3O3P. The minimum absolute atomic E-state index is 0.182. The third-order valence-corrected chi connectivity index (χ3v) is 5.23. The summed E-state index contributed by atoms with van der Waals surface area (Å²) in [7, 11) is -3.51. The van der Waals surface area contributed by atoms with E-state index in [0.29, 0.717) is 11.3 Å². The van der Waals surface area contributed by atoms with Gasteiger partial charge in [-0.15, -0.1) is 0 Å². The fourth-order valence-corrected chi connectivity index (χ4v) is 3.94. The highest BCUT2D eigenvalue weighted by molar-refractivity contribution is 9.10. The van der Waals surface area contributed by atoms with E-state index < -0.39 is 7.67 Å². The number of nitrogens with zero attached hydrogens (tertiary/aromatic N) is 1. The number of benzene rings is 2. The van der Waals surface area contributed by atoms with E-state index in [9.17, 15) is 9.67 Å². The summed E-state index contributed by atoms with van der Waals surface area (Å²) in [6, 6.07) is 13.4. The number of hydrogen-bond acceptors (Lipinski definition) is 4. The lowest BCUT2D eigenvalue weighted by Crippen LogP contribution is -2.10. The van der Waals surface area contributed by atoms with Crippen LogP contribution in [0, 0.1) is 11.3 Å². The van der Waals surface area contributed by atoms with Crippen molar-refractivity contribution in [3.8, 4) is 11.8 Å². The summed E-state index contributed by atoms with van der Waals surface area (Å²) in [6.07, 6.45) is 0. The number of para-hydroxylation sites is 1. The monoisotopic (exact) mass is 395 g/mol. The van der Waals surface area contributed by atoms with E-state index in [-0.39, 0.29) is 18.0 Å². The first-order chi connectivity index (χ1) is 11.0. The molecule has 2 aromatic carbocycles. The van der Waals surface area contributed by atoms with E-state index in [1.54, 1.807) is 25.1 Å². The average molecular weight is 396 g/mol. The Morgan fingerprint density at radius 1 is 1.26 bits per heavy atom. The first-order valence-electron chi connectivity index (χ1n) is 6.76. The minimum atomic E-state index is -3.51. The normalized spacial score (nSPS) is 12.9. The highest BCUT2D eigenvalue weighted by Gasteiger charge is 2.25. The van der Waals surface area contributed by atoms with Gasteiger partial charge >= 0.3 is 7.67 Å². The molecule has 0 radical (unpaired) electrons. The van der Waals surface area contributed by atoms with Crippen LogP contribution in [0.2, 0.25) is 0 Å². The van der Waals surface area contributed by atoms with Gasteiger partial charge in [0.15, 0.2) is 0 Å². The van der Waals surface area contributed by atoms with Crippen LogP contribution >= 0.6 is 23.6 Å². The summed E-state index contributed by atoms with van der Waals surface area (Å²) in [4.78, 5) is 0. The molecule has 0 aliphatic carbocycles. The molecule has 2 rings (SSSR count). The van der Waals surface area contributed by atoms with E-state index in [1.807, 2.05) is 12.1 Å². The molecule has 0 spiro atoms. The Kier molecular flexibility index (Phi) is 5.67. The summed E-state index contributed by atoms with van der Waals surface area (Å²) in [5.41, 5.74) is 1.10. The number of aromatic hydroxyl groups is 1. The predicted molar refractivity (Wildman–Crippen MR) is 93.4 cm³/mol. The SMILES string of the molecule is CCOP(=O)(Nc1ccc(C#N)cc1O)Nc1ccccc1Br. The van der Waals surface area contributed by atoms with Crippen LogP contribution in [0.15, 0.2) is 46.9 Å². The number of phenols is 1. The number of halogens is 1. The number of phenolic OH excluding ortho intramolecular Hbond substituents is 1. The van der Waals surface area contributed by atoms with Gasteiger partial charge in [-0.05, 0) is 53.2 Å². The zero-order chi connectivity index (χ0) is 16.9. The second kappa shape index (κ2) is 7.51. The van der Waals surface area contributed by atoms with Crippen molar-refractivity contribution in [2.24, 2.45) is 0 Å². The van der Waals surface area contributed by atoms with E-state index in [2.05, 4.69) is 26.1 Å². The van der Waals surface area contributed by atoms with Gasteiger partial charge in [0.2, 0.25) is 0 Å². The lowest BCUT2D eigenvalue weighted by molar-refractivity contribution is 0.340. The maximum absolute atomic E-state index is 13.0. The van der Waals surface area contributed by atoms with Crippen molar-refractivity contribution in [2.75, 3.05) is 16.8 Å². The lowest BCUT2D eigenvalue weighted by atomic mass is 10.2. The van der Waals surface area contributed by atoms with Crippen LogP contribution in [0.25, 0.3) is 0 Å². The maximum Gasteiger partial charge on any atom is 0.391 e. The molecule has 6 nitrogen and oxygen atoms in total. The fraction of sp³-hybridized carbons (Fsp3) is 0.133. The molecule has 1 atom stereocenters. The summed E-state index contributed by atoms with van der Waals surface area (Å²) in [5, 5.41) is 24.3. The molecule has 3 N–H and O–H groups in total. The molecule has 8 heteroatoms. The molecule has 120 valence electrons. The van der Waals surface area contributed by atoms with Crippen molar-refractivity contribution in [3.05, 3.63) is 52.5 Å². The lowest BCUT2D eigenvalue weighted by Gasteiger charge is -2.22. The number of rotatable bonds is 6. The maximum atomic E-state index is 13.0. The third-order valence-electron chi connectivity index (χ3n) is 2.85. The van der Waals surface area contributed by atoms with Crippen LogP contribution in [0.4, 0.5) is 11.4 Å². The molecule has 2 aromatic rings. The molecule has 0 fully saturated rings.